The van der Waals surface area contributed by atoms with E-state index in [1.165, 1.54) is 24.1 Å². The van der Waals surface area contributed by atoms with Gasteiger partial charge in [-0.1, -0.05) is 6.07 Å². The molecule has 0 aliphatic rings. The zero-order valence-corrected chi connectivity index (χ0v) is 8.86. The van der Waals surface area contributed by atoms with Gasteiger partial charge in [0.15, 0.2) is 3.93 Å². The number of benzene rings is 1. The molecular formula is C9H4F4I+. The van der Waals surface area contributed by atoms with Crippen LogP contribution in [-0.4, -0.2) is 6.18 Å². The smallest absolute Gasteiger partial charge is 0.207 e. The molecule has 0 atom stereocenters. The van der Waals surface area contributed by atoms with Gasteiger partial charge < -0.3 is 0 Å². The SMILES string of the molecule is Fc1cccc([I+]C#CC(F)(F)F)c1. The Kier molecular flexibility index (Phi) is 3.75. The van der Waals surface area contributed by atoms with Crippen LogP contribution in [0.25, 0.3) is 0 Å². The third kappa shape index (κ3) is 4.46. The van der Waals surface area contributed by atoms with Crippen molar-refractivity contribution in [1.82, 2.24) is 0 Å². The molecule has 14 heavy (non-hydrogen) atoms. The molecule has 0 bridgehead atoms. The van der Waals surface area contributed by atoms with Crippen LogP contribution in [0.5, 0.6) is 0 Å². The molecule has 1 aromatic rings. The van der Waals surface area contributed by atoms with E-state index in [0.717, 1.165) is 0 Å². The first-order valence-corrected chi connectivity index (χ1v) is 5.61. The molecule has 0 fully saturated rings. The molecule has 74 valence electrons. The second kappa shape index (κ2) is 4.64. The Morgan fingerprint density at radius 2 is 1.93 bits per heavy atom. The van der Waals surface area contributed by atoms with E-state index in [4.69, 9.17) is 0 Å². The quantitative estimate of drug-likeness (QED) is 0.376. The van der Waals surface area contributed by atoms with Crippen LogP contribution < -0.4 is 21.2 Å². The van der Waals surface area contributed by atoms with Gasteiger partial charge in [-0.2, -0.15) is 13.2 Å². The van der Waals surface area contributed by atoms with Crippen LogP contribution in [0.2, 0.25) is 0 Å². The van der Waals surface area contributed by atoms with E-state index in [0.29, 0.717) is 3.57 Å². The molecule has 0 aliphatic carbocycles. The summed E-state index contributed by atoms with van der Waals surface area (Å²) >= 11 is -1.08. The van der Waals surface area contributed by atoms with E-state index in [2.05, 4.69) is 0 Å². The third-order valence-corrected chi connectivity index (χ3v) is 2.97. The lowest BCUT2D eigenvalue weighted by Gasteiger charge is -1.88. The summed E-state index contributed by atoms with van der Waals surface area (Å²) in [5.74, 6) is 0.718. The Morgan fingerprint density at radius 3 is 2.50 bits per heavy atom. The molecule has 0 amide bonds. The van der Waals surface area contributed by atoms with Gasteiger partial charge in [-0.25, -0.2) is 4.39 Å². The van der Waals surface area contributed by atoms with Crippen molar-refractivity contribution in [3.8, 4) is 9.85 Å². The normalized spacial score (nSPS) is 10.6. The molecule has 0 radical (unpaired) electrons. The molecule has 0 saturated carbocycles. The fourth-order valence-corrected chi connectivity index (χ4v) is 2.24. The minimum atomic E-state index is -4.45. The molecule has 0 aromatic heterocycles. The Bertz CT molecular complexity index is 372. The highest BCUT2D eigenvalue weighted by Gasteiger charge is 2.25. The molecule has 0 N–H and O–H groups in total. The van der Waals surface area contributed by atoms with Crippen LogP contribution in [0.3, 0.4) is 0 Å². The topological polar surface area (TPSA) is 0 Å². The minimum absolute atomic E-state index is 0.448. The van der Waals surface area contributed by atoms with Gasteiger partial charge in [0.2, 0.25) is 3.57 Å². The monoisotopic (exact) mass is 315 g/mol. The zero-order chi connectivity index (χ0) is 10.6. The molecule has 0 saturated heterocycles. The maximum atomic E-state index is 12.6. The van der Waals surface area contributed by atoms with Gasteiger partial charge in [0.25, 0.3) is 0 Å². The molecular weight excluding hydrogens is 311 g/mol. The lowest BCUT2D eigenvalue weighted by atomic mass is 10.4. The van der Waals surface area contributed by atoms with Crippen molar-refractivity contribution >= 4 is 0 Å². The highest BCUT2D eigenvalue weighted by Crippen LogP contribution is 2.10. The molecule has 0 aliphatic heterocycles. The average Bonchev–Trinajstić information content (AvgIpc) is 2.01. The standard InChI is InChI=1S/C9H4F4I/c10-7-2-1-3-8(6-7)14-5-4-9(11,12)13/h1-3,6H/q+1. The van der Waals surface area contributed by atoms with Gasteiger partial charge >= 0.3 is 27.4 Å². The molecule has 1 rings (SSSR count). The average molecular weight is 315 g/mol. The van der Waals surface area contributed by atoms with E-state index in [9.17, 15) is 17.6 Å². The van der Waals surface area contributed by atoms with Crippen molar-refractivity contribution in [1.29, 1.82) is 0 Å². The first-order valence-electron chi connectivity index (χ1n) is 3.46. The Labute approximate surface area is 88.6 Å². The van der Waals surface area contributed by atoms with Crippen LogP contribution in [0, 0.1) is 19.2 Å². The summed E-state index contributed by atoms with van der Waals surface area (Å²) < 4.78 is 50.0. The molecule has 1 aromatic carbocycles. The summed E-state index contributed by atoms with van der Waals surface area (Å²) in [7, 11) is 0. The van der Waals surface area contributed by atoms with E-state index in [-0.39, 0.29) is 0 Å². The summed E-state index contributed by atoms with van der Waals surface area (Å²) in [5.41, 5.74) is 0. The van der Waals surface area contributed by atoms with Crippen molar-refractivity contribution in [2.45, 2.75) is 6.18 Å². The van der Waals surface area contributed by atoms with Gasteiger partial charge in [-0.05, 0) is 12.1 Å². The fraction of sp³-hybridized carbons (Fsp3) is 0.111. The van der Waals surface area contributed by atoms with Crippen molar-refractivity contribution < 1.29 is 38.8 Å². The number of halogens is 5. The van der Waals surface area contributed by atoms with E-state index in [1.807, 2.05) is 3.93 Å². The summed E-state index contributed by atoms with van der Waals surface area (Å²) in [6, 6.07) is 5.48. The van der Waals surface area contributed by atoms with Gasteiger partial charge in [0.05, 0.1) is 5.92 Å². The molecule has 0 spiro atoms. The number of rotatable bonds is 1. The van der Waals surface area contributed by atoms with E-state index < -0.39 is 33.2 Å². The first kappa shape index (κ1) is 11.3. The van der Waals surface area contributed by atoms with Crippen LogP contribution in [0.15, 0.2) is 24.3 Å². The van der Waals surface area contributed by atoms with Crippen LogP contribution in [-0.2, 0) is 0 Å². The van der Waals surface area contributed by atoms with Gasteiger partial charge in [0, 0.05) is 6.07 Å². The number of hydrogen-bond donors (Lipinski definition) is 0. The van der Waals surface area contributed by atoms with Gasteiger partial charge in [0.1, 0.15) is 5.82 Å². The molecule has 0 unspecified atom stereocenters. The number of alkyl halides is 3. The van der Waals surface area contributed by atoms with Crippen LogP contribution >= 0.6 is 0 Å². The fourth-order valence-electron chi connectivity index (χ4n) is 0.650. The summed E-state index contributed by atoms with van der Waals surface area (Å²) in [5, 5.41) is 0. The van der Waals surface area contributed by atoms with Crippen molar-refractivity contribution in [3.63, 3.8) is 0 Å². The minimum Gasteiger partial charge on any atom is -0.207 e. The predicted molar refractivity (Wildman–Crippen MR) is 38.9 cm³/mol. The highest BCUT2D eigenvalue weighted by molar-refractivity contribution is 5.04. The summed E-state index contributed by atoms with van der Waals surface area (Å²) in [4.78, 5) is 0. The predicted octanol–water partition coefficient (Wildman–Crippen LogP) is -0.392. The molecule has 0 heterocycles. The summed E-state index contributed by atoms with van der Waals surface area (Å²) in [6.45, 7) is 0. The van der Waals surface area contributed by atoms with E-state index >= 15 is 0 Å². The van der Waals surface area contributed by atoms with Crippen LogP contribution in [0.4, 0.5) is 17.6 Å². The van der Waals surface area contributed by atoms with Crippen molar-refractivity contribution in [3.05, 3.63) is 33.7 Å². The lowest BCUT2D eigenvalue weighted by molar-refractivity contribution is -0.535. The Hall–Kier alpha value is -0.770. The largest absolute Gasteiger partial charge is 0.461 e. The maximum absolute atomic E-state index is 12.6. The Morgan fingerprint density at radius 1 is 1.21 bits per heavy atom. The Balaban J connectivity index is 2.65. The maximum Gasteiger partial charge on any atom is 0.461 e. The third-order valence-electron chi connectivity index (χ3n) is 1.13. The van der Waals surface area contributed by atoms with Crippen molar-refractivity contribution in [2.75, 3.05) is 0 Å². The second-order valence-electron chi connectivity index (χ2n) is 2.25. The van der Waals surface area contributed by atoms with E-state index in [1.54, 1.807) is 6.07 Å². The highest BCUT2D eigenvalue weighted by atomic mass is 127. The van der Waals surface area contributed by atoms with Crippen molar-refractivity contribution in [2.24, 2.45) is 0 Å². The first-order chi connectivity index (χ1) is 6.47. The van der Waals surface area contributed by atoms with Crippen LogP contribution in [0.1, 0.15) is 0 Å². The molecule has 0 nitrogen and oxygen atoms in total. The lowest BCUT2D eigenvalue weighted by Crippen LogP contribution is -3.59. The van der Waals surface area contributed by atoms with Gasteiger partial charge in [-0.3, -0.25) is 0 Å². The van der Waals surface area contributed by atoms with Gasteiger partial charge in [-0.15, -0.1) is 0 Å². The molecule has 5 heteroatoms. The summed E-state index contributed by atoms with van der Waals surface area (Å²) in [6.07, 6.45) is -4.45. The zero-order valence-electron chi connectivity index (χ0n) is 6.70. The number of hydrogen-bond acceptors (Lipinski definition) is 0. The second-order valence-corrected chi connectivity index (χ2v) is 4.58.